The van der Waals surface area contributed by atoms with Gasteiger partial charge in [0.15, 0.2) is 17.3 Å². The summed E-state index contributed by atoms with van der Waals surface area (Å²) in [6, 6.07) is 92.2. The van der Waals surface area contributed by atoms with Gasteiger partial charge in [-0.15, -0.1) is 0 Å². The maximum atomic E-state index is 15.8. The lowest BCUT2D eigenvalue weighted by atomic mass is 9.91. The topological polar surface area (TPSA) is 136 Å². The average molecular weight is 1240 g/mol. The Bertz CT molecular complexity index is 5750. The van der Waals surface area contributed by atoms with Gasteiger partial charge in [-0.05, 0) is 143 Å². The predicted octanol–water partition coefficient (Wildman–Crippen LogP) is 18.2. The average Bonchev–Trinajstić information content (AvgIpc) is 1.57. The van der Waals surface area contributed by atoms with E-state index in [0.717, 1.165) is 38.5 Å². The van der Waals surface area contributed by atoms with Crippen LogP contribution in [0, 0.1) is 0 Å². The molecule has 15 aromatic rings. The van der Waals surface area contributed by atoms with Crippen molar-refractivity contribution in [2.45, 2.75) is 0 Å². The molecule has 0 radical (unpaired) electrons. The number of anilines is 2. The minimum absolute atomic E-state index is 0.121. The number of hydrogen-bond acceptors (Lipinski definition) is 7. The zero-order valence-corrected chi connectivity index (χ0v) is 51.0. The maximum Gasteiger partial charge on any atom is 0.268 e. The molecule has 4 amide bonds. The highest BCUT2D eigenvalue weighted by molar-refractivity contribution is 6.37. The van der Waals surface area contributed by atoms with E-state index in [1.165, 1.54) is 9.80 Å². The highest BCUT2D eigenvalue weighted by Gasteiger charge is 2.42. The van der Waals surface area contributed by atoms with Gasteiger partial charge in [-0.2, -0.15) is 0 Å². The van der Waals surface area contributed by atoms with Crippen LogP contribution in [0.25, 0.3) is 88.4 Å². The van der Waals surface area contributed by atoms with Crippen molar-refractivity contribution in [3.05, 3.63) is 359 Å². The molecule has 17 rings (SSSR count). The molecule has 2 aromatic heterocycles. The van der Waals surface area contributed by atoms with Crippen molar-refractivity contribution < 1.29 is 33.6 Å². The lowest BCUT2D eigenvalue weighted by Crippen LogP contribution is -2.29. The van der Waals surface area contributed by atoms with Gasteiger partial charge >= 0.3 is 0 Å². The van der Waals surface area contributed by atoms with Crippen molar-refractivity contribution in [1.29, 1.82) is 0 Å². The Kier molecular flexibility index (Phi) is 13.3. The number of hydrogen-bond donors (Lipinski definition) is 0. The Hall–Kier alpha value is -13.3. The van der Waals surface area contributed by atoms with E-state index in [-0.39, 0.29) is 39.6 Å². The van der Waals surface area contributed by atoms with Gasteiger partial charge in [0, 0.05) is 54.9 Å². The van der Waals surface area contributed by atoms with Gasteiger partial charge in [0.2, 0.25) is 0 Å². The molecule has 0 atom stereocenters. The van der Waals surface area contributed by atoms with Crippen molar-refractivity contribution in [3.8, 4) is 44.8 Å². The first kappa shape index (κ1) is 56.7. The second-order valence-electron chi connectivity index (χ2n) is 24.0. The Labute approximate surface area is 549 Å². The third-order valence-electron chi connectivity index (χ3n) is 18.5. The summed E-state index contributed by atoms with van der Waals surface area (Å²) >= 11 is 0. The number of nitrogens with zero attached hydrogens (tertiary/aromatic N) is 4. The molecule has 0 spiro atoms. The standard InChI is InChI=1S/C85H50N4O7/c90-79(53-24-10-3-11-25-53)57-36-41-72-67(45-57)64-32-16-17-34-71(64)88(72)75-35-19-33-65-77(75)84(95)87(82(65)93)62-39-40-63(66(50-62)52-22-8-2-9-23-52)60-48-70-78(85(96)86(83(70)94)61-31-18-30-56(44-61)51-20-6-1-7-21-51)76(49-60)89-73-42-37-58(80(91)54-26-12-4-13-27-54)46-68(73)69-47-59(38-43-74(69)89)81(92)55-28-14-5-15-29-55/h1-50H. The molecule has 11 nitrogen and oxygen atoms in total. The summed E-state index contributed by atoms with van der Waals surface area (Å²) in [4.78, 5) is 107. The molecular formula is C85H50N4O7. The number of ketones is 3. The van der Waals surface area contributed by atoms with Crippen LogP contribution in [0.2, 0.25) is 0 Å². The molecule has 0 unspecified atom stereocenters. The van der Waals surface area contributed by atoms with Gasteiger partial charge in [0.25, 0.3) is 23.6 Å². The van der Waals surface area contributed by atoms with Crippen molar-refractivity contribution in [1.82, 2.24) is 9.13 Å². The van der Waals surface area contributed by atoms with E-state index in [2.05, 4.69) is 0 Å². The number of benzene rings is 13. The first-order valence-corrected chi connectivity index (χ1v) is 31.4. The van der Waals surface area contributed by atoms with Crippen molar-refractivity contribution >= 4 is 96.0 Å². The third-order valence-corrected chi connectivity index (χ3v) is 18.5. The van der Waals surface area contributed by atoms with Gasteiger partial charge in [-0.25, -0.2) is 9.80 Å². The van der Waals surface area contributed by atoms with E-state index in [1.807, 2.05) is 228 Å². The fourth-order valence-electron chi connectivity index (χ4n) is 14.0. The largest absolute Gasteiger partial charge is 0.308 e. The van der Waals surface area contributed by atoms with Gasteiger partial charge in [-0.3, -0.25) is 33.6 Å². The first-order chi connectivity index (χ1) is 47.1. The number of carbonyl (C=O) groups is 7. The molecule has 0 aliphatic carbocycles. The van der Waals surface area contributed by atoms with Crippen molar-refractivity contribution in [2.75, 3.05) is 9.80 Å². The second kappa shape index (κ2) is 22.5. The monoisotopic (exact) mass is 1240 g/mol. The van der Waals surface area contributed by atoms with Crippen LogP contribution in [-0.4, -0.2) is 50.1 Å². The summed E-state index contributed by atoms with van der Waals surface area (Å²) < 4.78 is 3.92. The molecule has 13 aromatic carbocycles. The number of para-hydroxylation sites is 1. The number of imide groups is 2. The molecule has 452 valence electrons. The molecule has 2 aliphatic heterocycles. The molecule has 0 saturated heterocycles. The highest BCUT2D eigenvalue weighted by Crippen LogP contribution is 2.46. The summed E-state index contributed by atoms with van der Waals surface area (Å²) in [5.74, 6) is -2.70. The van der Waals surface area contributed by atoms with Crippen LogP contribution in [0.3, 0.4) is 0 Å². The van der Waals surface area contributed by atoms with Gasteiger partial charge in [0.1, 0.15) is 0 Å². The van der Waals surface area contributed by atoms with E-state index in [9.17, 15) is 14.4 Å². The molecule has 96 heavy (non-hydrogen) atoms. The normalized spacial score (nSPS) is 12.8. The van der Waals surface area contributed by atoms with Crippen LogP contribution >= 0.6 is 0 Å². The minimum Gasteiger partial charge on any atom is -0.308 e. The van der Waals surface area contributed by atoms with Crippen LogP contribution in [-0.2, 0) is 0 Å². The zero-order chi connectivity index (χ0) is 64.9. The molecule has 0 fully saturated rings. The molecule has 0 N–H and O–H groups in total. The van der Waals surface area contributed by atoms with Crippen LogP contribution in [0.15, 0.2) is 303 Å². The summed E-state index contributed by atoms with van der Waals surface area (Å²) in [5, 5.41) is 2.92. The number of fused-ring (bicyclic) bond motifs is 8. The van der Waals surface area contributed by atoms with Gasteiger partial charge < -0.3 is 9.13 Å². The number of carbonyl (C=O) groups excluding carboxylic acids is 7. The Morgan fingerprint density at radius 3 is 1.21 bits per heavy atom. The first-order valence-electron chi connectivity index (χ1n) is 31.4. The number of amides is 4. The zero-order valence-electron chi connectivity index (χ0n) is 51.0. The molecule has 0 saturated carbocycles. The summed E-state index contributed by atoms with van der Waals surface area (Å²) in [6.45, 7) is 0. The van der Waals surface area contributed by atoms with E-state index < -0.39 is 23.6 Å². The lowest BCUT2D eigenvalue weighted by Gasteiger charge is -2.20. The quantitative estimate of drug-likeness (QED) is 0.0828. The highest BCUT2D eigenvalue weighted by atomic mass is 16.2. The van der Waals surface area contributed by atoms with Crippen molar-refractivity contribution in [3.63, 3.8) is 0 Å². The van der Waals surface area contributed by atoms with E-state index in [0.29, 0.717) is 94.6 Å². The number of aromatic nitrogens is 2. The molecule has 11 heteroatoms. The van der Waals surface area contributed by atoms with Crippen LogP contribution in [0.4, 0.5) is 11.4 Å². The van der Waals surface area contributed by atoms with Gasteiger partial charge in [0.05, 0.1) is 67.1 Å². The van der Waals surface area contributed by atoms with Crippen LogP contribution in [0.1, 0.15) is 89.2 Å². The summed E-state index contributed by atoms with van der Waals surface area (Å²) in [7, 11) is 0. The lowest BCUT2D eigenvalue weighted by molar-refractivity contribution is 0.0910. The van der Waals surface area contributed by atoms with E-state index >= 15 is 19.2 Å². The molecule has 4 heterocycles. The fraction of sp³-hybridized carbons (Fsp3) is 0. The predicted molar refractivity (Wildman–Crippen MR) is 376 cm³/mol. The van der Waals surface area contributed by atoms with Gasteiger partial charge in [-0.1, -0.05) is 194 Å². The van der Waals surface area contributed by atoms with Crippen LogP contribution in [0.5, 0.6) is 0 Å². The SMILES string of the molecule is O=C(c1ccccc1)c1ccc2c(c1)c1ccccc1n2-c1cccc2c1C(=O)N(c1ccc(-c3cc4c(c(-n5c6ccc(C(=O)c7ccccc7)cc6c6cc(C(=O)c7ccccc7)ccc65)c3)C(=O)N(c3cccc(-c5ccccc5)c3)C4=O)c(-c3ccccc3)c1)C2=O. The third kappa shape index (κ3) is 9.09. The van der Waals surface area contributed by atoms with Crippen molar-refractivity contribution in [2.24, 2.45) is 0 Å². The Morgan fingerprint density at radius 1 is 0.229 bits per heavy atom. The summed E-state index contributed by atoms with van der Waals surface area (Å²) in [6.07, 6.45) is 0. The fourth-order valence-corrected chi connectivity index (χ4v) is 14.0. The van der Waals surface area contributed by atoms with E-state index in [4.69, 9.17) is 0 Å². The molecule has 0 bridgehead atoms. The van der Waals surface area contributed by atoms with E-state index in [1.54, 1.807) is 84.9 Å². The minimum atomic E-state index is -0.559. The number of rotatable bonds is 13. The second-order valence-corrected chi connectivity index (χ2v) is 24.0. The summed E-state index contributed by atoms with van der Waals surface area (Å²) in [5.41, 5.74) is 12.0. The molecular weight excluding hydrogens is 1190 g/mol. The smallest absolute Gasteiger partial charge is 0.268 e. The van der Waals surface area contributed by atoms with Crippen LogP contribution < -0.4 is 9.80 Å². The molecule has 2 aliphatic rings. The maximum absolute atomic E-state index is 15.8. The Balaban J connectivity index is 0.843. The Morgan fingerprint density at radius 2 is 0.656 bits per heavy atom.